The molecule has 13 heteroatoms. The summed E-state index contributed by atoms with van der Waals surface area (Å²) in [6.45, 7) is 1.05. The number of fused-ring (bicyclic) bond motifs is 2. The standard InChI is InChI=1S/C30H28FN5O7/c31-24-11-22(40-17-27(38)41-15-18-4-2-1-3-5-18)10-20-8-19(9-23(20)24)12-32-7-6-21-14-36(30(39)43-21)25-13-33-29-28(34-25)35-26(37)16-42-29/h1-5,8,10-11,13,21,32H,6-7,9,12,14-17H2,(H,34,35,37). The monoisotopic (exact) mass is 589 g/mol. The number of halogens is 1. The maximum absolute atomic E-state index is 14.8. The van der Waals surface area contributed by atoms with Crippen molar-refractivity contribution < 1.29 is 37.7 Å². The van der Waals surface area contributed by atoms with Crippen LogP contribution in [0.2, 0.25) is 0 Å². The van der Waals surface area contributed by atoms with Crippen molar-refractivity contribution >= 4 is 35.7 Å². The van der Waals surface area contributed by atoms with Gasteiger partial charge in [-0.15, -0.1) is 0 Å². The van der Waals surface area contributed by atoms with Crippen molar-refractivity contribution in [2.75, 3.05) is 43.1 Å². The Bertz CT molecular complexity index is 1580. The fourth-order valence-electron chi connectivity index (χ4n) is 4.92. The van der Waals surface area contributed by atoms with E-state index >= 15 is 0 Å². The molecule has 2 aromatic carbocycles. The molecule has 1 atom stereocenters. The summed E-state index contributed by atoms with van der Waals surface area (Å²) >= 11 is 0. The van der Waals surface area contributed by atoms with Gasteiger partial charge in [-0.1, -0.05) is 42.0 Å². The van der Waals surface area contributed by atoms with Gasteiger partial charge in [0.1, 0.15) is 24.3 Å². The minimum Gasteiger partial charge on any atom is -0.482 e. The van der Waals surface area contributed by atoms with E-state index in [1.165, 1.54) is 17.2 Å². The summed E-state index contributed by atoms with van der Waals surface area (Å²) in [5.74, 6) is -0.416. The molecule has 1 aliphatic carbocycles. The molecule has 222 valence electrons. The number of esters is 1. The zero-order valence-corrected chi connectivity index (χ0v) is 23.0. The summed E-state index contributed by atoms with van der Waals surface area (Å²) in [5.41, 5.74) is 3.14. The highest BCUT2D eigenvalue weighted by atomic mass is 19.1. The topological polar surface area (TPSA) is 141 Å². The van der Waals surface area contributed by atoms with Gasteiger partial charge in [-0.3, -0.25) is 9.69 Å². The molecule has 1 aromatic heterocycles. The molecule has 1 unspecified atom stereocenters. The van der Waals surface area contributed by atoms with Crippen molar-refractivity contribution in [1.82, 2.24) is 15.3 Å². The van der Waals surface area contributed by atoms with Gasteiger partial charge in [0, 0.05) is 12.6 Å². The molecule has 1 saturated heterocycles. The third kappa shape index (κ3) is 6.72. The number of hydrogen-bond acceptors (Lipinski definition) is 10. The maximum atomic E-state index is 14.8. The van der Waals surface area contributed by atoms with Crippen molar-refractivity contribution in [1.29, 1.82) is 0 Å². The number of rotatable bonds is 11. The molecule has 0 bridgehead atoms. The average molecular weight is 590 g/mol. The molecular formula is C30H28FN5O7. The minimum atomic E-state index is -0.547. The third-order valence-electron chi connectivity index (χ3n) is 7.04. The number of nitrogens with zero attached hydrogens (tertiary/aromatic N) is 3. The first-order chi connectivity index (χ1) is 20.9. The predicted molar refractivity (Wildman–Crippen MR) is 151 cm³/mol. The van der Waals surface area contributed by atoms with Crippen LogP contribution in [-0.4, -0.2) is 66.9 Å². The number of nitrogens with one attached hydrogen (secondary N) is 2. The van der Waals surface area contributed by atoms with Crippen molar-refractivity contribution in [2.24, 2.45) is 0 Å². The van der Waals surface area contributed by atoms with Crippen molar-refractivity contribution in [3.8, 4) is 11.6 Å². The molecule has 6 rings (SSSR count). The Morgan fingerprint density at radius 2 is 2.07 bits per heavy atom. The number of carbonyl (C=O) groups is 3. The Hall–Kier alpha value is -5.04. The average Bonchev–Trinajstić information content (AvgIpc) is 3.60. The Kier molecular flexibility index (Phi) is 8.13. The Balaban J connectivity index is 0.948. The summed E-state index contributed by atoms with van der Waals surface area (Å²) in [6, 6.07) is 12.3. The Morgan fingerprint density at radius 3 is 2.93 bits per heavy atom. The lowest BCUT2D eigenvalue weighted by Crippen LogP contribution is -2.30. The molecule has 3 aromatic rings. The second-order valence-corrected chi connectivity index (χ2v) is 10.2. The van der Waals surface area contributed by atoms with Crippen LogP contribution in [0.5, 0.6) is 11.6 Å². The maximum Gasteiger partial charge on any atom is 0.415 e. The predicted octanol–water partition coefficient (Wildman–Crippen LogP) is 3.01. The van der Waals surface area contributed by atoms with E-state index in [0.717, 1.165) is 11.1 Å². The number of carbonyl (C=O) groups excluding carboxylic acids is 3. The second-order valence-electron chi connectivity index (χ2n) is 10.2. The van der Waals surface area contributed by atoms with E-state index < -0.39 is 17.9 Å². The van der Waals surface area contributed by atoms with E-state index in [0.29, 0.717) is 37.1 Å². The van der Waals surface area contributed by atoms with Crippen LogP contribution in [0.1, 0.15) is 23.1 Å². The van der Waals surface area contributed by atoms with Crippen molar-refractivity contribution in [3.05, 3.63) is 76.7 Å². The third-order valence-corrected chi connectivity index (χ3v) is 7.04. The number of hydrogen-bond donors (Lipinski definition) is 2. The lowest BCUT2D eigenvalue weighted by atomic mass is 10.1. The van der Waals surface area contributed by atoms with Gasteiger partial charge in [0.25, 0.3) is 11.8 Å². The first-order valence-corrected chi connectivity index (χ1v) is 13.7. The number of ether oxygens (including phenoxy) is 4. The van der Waals surface area contributed by atoms with Crippen LogP contribution in [0.4, 0.5) is 20.8 Å². The molecule has 12 nitrogen and oxygen atoms in total. The fraction of sp³-hybridized carbons (Fsp3) is 0.300. The molecule has 2 amide bonds. The molecule has 1 fully saturated rings. The highest BCUT2D eigenvalue weighted by Gasteiger charge is 2.34. The van der Waals surface area contributed by atoms with Gasteiger partial charge in [-0.2, -0.15) is 0 Å². The number of aromatic nitrogens is 2. The first kappa shape index (κ1) is 28.1. The number of anilines is 2. The second kappa shape index (κ2) is 12.4. The van der Waals surface area contributed by atoms with E-state index in [2.05, 4.69) is 20.6 Å². The molecule has 0 spiro atoms. The highest BCUT2D eigenvalue weighted by molar-refractivity contribution is 5.94. The molecule has 3 aliphatic rings. The normalized spacial score (nSPS) is 16.9. The molecule has 43 heavy (non-hydrogen) atoms. The summed E-state index contributed by atoms with van der Waals surface area (Å²) < 4.78 is 36.2. The van der Waals surface area contributed by atoms with E-state index in [4.69, 9.17) is 18.9 Å². The van der Waals surface area contributed by atoms with E-state index in [1.807, 2.05) is 36.4 Å². The van der Waals surface area contributed by atoms with Crippen LogP contribution < -0.4 is 25.0 Å². The molecule has 2 N–H and O–H groups in total. The quantitative estimate of drug-likeness (QED) is 0.253. The largest absolute Gasteiger partial charge is 0.482 e. The zero-order chi connectivity index (χ0) is 29.8. The van der Waals surface area contributed by atoms with Crippen LogP contribution in [0.25, 0.3) is 6.08 Å². The molecular weight excluding hydrogens is 561 g/mol. The van der Waals surface area contributed by atoms with E-state index in [1.54, 1.807) is 6.07 Å². The van der Waals surface area contributed by atoms with Gasteiger partial charge in [-0.25, -0.2) is 23.9 Å². The molecule has 0 saturated carbocycles. The summed E-state index contributed by atoms with van der Waals surface area (Å²) in [6.07, 6.45) is 3.39. The van der Waals surface area contributed by atoms with Gasteiger partial charge in [-0.05, 0) is 42.1 Å². The first-order valence-electron chi connectivity index (χ1n) is 13.7. The van der Waals surface area contributed by atoms with Gasteiger partial charge >= 0.3 is 12.1 Å². The van der Waals surface area contributed by atoms with Crippen molar-refractivity contribution in [3.63, 3.8) is 0 Å². The lowest BCUT2D eigenvalue weighted by Gasteiger charge is -2.18. The minimum absolute atomic E-state index is 0.136. The summed E-state index contributed by atoms with van der Waals surface area (Å²) in [5, 5.41) is 5.89. The fourth-order valence-corrected chi connectivity index (χ4v) is 4.92. The van der Waals surface area contributed by atoms with Gasteiger partial charge < -0.3 is 29.6 Å². The van der Waals surface area contributed by atoms with Crippen LogP contribution >= 0.6 is 0 Å². The van der Waals surface area contributed by atoms with E-state index in [-0.39, 0.29) is 61.6 Å². The van der Waals surface area contributed by atoms with Crippen molar-refractivity contribution in [2.45, 2.75) is 25.6 Å². The number of cyclic esters (lactones) is 1. The Labute approximate surface area is 245 Å². The van der Waals surface area contributed by atoms with Crippen LogP contribution in [0, 0.1) is 5.82 Å². The molecule has 3 heterocycles. The van der Waals surface area contributed by atoms with Crippen LogP contribution in [0.15, 0.2) is 54.2 Å². The van der Waals surface area contributed by atoms with Gasteiger partial charge in [0.2, 0.25) is 0 Å². The number of benzene rings is 2. The lowest BCUT2D eigenvalue weighted by molar-refractivity contribution is -0.147. The van der Waals surface area contributed by atoms with Gasteiger partial charge in [0.05, 0.1) is 12.7 Å². The SMILES string of the molecule is O=C1COc2ncc(N3CC(CCNCC4=Cc5cc(OCC(=O)OCc6ccccc6)cc(F)c5C4)OC3=O)nc2N1. The molecule has 0 radical (unpaired) electrons. The molecule has 2 aliphatic heterocycles. The number of amides is 2. The van der Waals surface area contributed by atoms with Crippen LogP contribution in [-0.2, 0) is 32.1 Å². The highest BCUT2D eigenvalue weighted by Crippen LogP contribution is 2.31. The zero-order valence-electron chi connectivity index (χ0n) is 23.0. The smallest absolute Gasteiger partial charge is 0.415 e. The van der Waals surface area contributed by atoms with Gasteiger partial charge in [0.15, 0.2) is 24.8 Å². The summed E-state index contributed by atoms with van der Waals surface area (Å²) in [4.78, 5) is 45.8. The summed E-state index contributed by atoms with van der Waals surface area (Å²) in [7, 11) is 0. The van der Waals surface area contributed by atoms with Crippen LogP contribution in [0.3, 0.4) is 0 Å². The Morgan fingerprint density at radius 1 is 1.21 bits per heavy atom. The van der Waals surface area contributed by atoms with E-state index in [9.17, 15) is 18.8 Å².